The SMILES string of the molecule is COc1cccc(-n2[nH]cc(CO)c2=O)c1. The van der Waals surface area contributed by atoms with Crippen molar-refractivity contribution in [3.05, 3.63) is 46.4 Å². The number of ether oxygens (including phenoxy) is 1. The van der Waals surface area contributed by atoms with Gasteiger partial charge in [0.25, 0.3) is 5.56 Å². The van der Waals surface area contributed by atoms with E-state index in [0.717, 1.165) is 0 Å². The minimum Gasteiger partial charge on any atom is -0.497 e. The van der Waals surface area contributed by atoms with Gasteiger partial charge in [-0.1, -0.05) is 6.07 Å². The summed E-state index contributed by atoms with van der Waals surface area (Å²) < 4.78 is 6.43. The van der Waals surface area contributed by atoms with Crippen molar-refractivity contribution in [3.63, 3.8) is 0 Å². The number of hydrogen-bond donors (Lipinski definition) is 2. The number of hydrogen-bond acceptors (Lipinski definition) is 3. The van der Waals surface area contributed by atoms with Gasteiger partial charge in [0.15, 0.2) is 0 Å². The first-order valence-corrected chi connectivity index (χ1v) is 4.81. The van der Waals surface area contributed by atoms with Gasteiger partial charge < -0.3 is 9.84 Å². The Labute approximate surface area is 91.9 Å². The van der Waals surface area contributed by atoms with E-state index in [1.165, 1.54) is 10.9 Å². The van der Waals surface area contributed by atoms with Crippen LogP contribution in [-0.4, -0.2) is 22.0 Å². The third-order valence-electron chi connectivity index (χ3n) is 2.33. The number of methoxy groups -OCH3 is 1. The Balaban J connectivity index is 2.50. The Hall–Kier alpha value is -2.01. The van der Waals surface area contributed by atoms with Gasteiger partial charge in [-0.25, -0.2) is 4.68 Å². The molecule has 0 aliphatic rings. The Morgan fingerprint density at radius 3 is 2.94 bits per heavy atom. The maximum atomic E-state index is 11.7. The van der Waals surface area contributed by atoms with Crippen molar-refractivity contribution < 1.29 is 9.84 Å². The predicted octanol–water partition coefficient (Wildman–Crippen LogP) is 0.666. The first-order chi connectivity index (χ1) is 7.76. The molecule has 0 amide bonds. The van der Waals surface area contributed by atoms with Gasteiger partial charge in [0.05, 0.1) is 25.0 Å². The molecule has 1 aromatic heterocycles. The number of aromatic nitrogens is 2. The number of benzene rings is 1. The van der Waals surface area contributed by atoms with Crippen LogP contribution < -0.4 is 10.3 Å². The van der Waals surface area contributed by atoms with E-state index in [1.807, 2.05) is 0 Å². The molecule has 1 aromatic carbocycles. The second-order valence-corrected chi connectivity index (χ2v) is 3.30. The Bertz CT molecular complexity index is 542. The van der Waals surface area contributed by atoms with E-state index in [2.05, 4.69) is 5.10 Å². The fraction of sp³-hybridized carbons (Fsp3) is 0.182. The van der Waals surface area contributed by atoms with Crippen LogP contribution in [0.25, 0.3) is 5.69 Å². The van der Waals surface area contributed by atoms with Gasteiger partial charge >= 0.3 is 0 Å². The van der Waals surface area contributed by atoms with Crippen molar-refractivity contribution in [2.24, 2.45) is 0 Å². The van der Waals surface area contributed by atoms with Gasteiger partial charge in [-0.3, -0.25) is 9.89 Å². The highest BCUT2D eigenvalue weighted by Crippen LogP contribution is 2.14. The van der Waals surface area contributed by atoms with Crippen LogP contribution >= 0.6 is 0 Å². The van der Waals surface area contributed by atoms with Gasteiger partial charge in [-0.15, -0.1) is 0 Å². The molecule has 0 spiro atoms. The number of rotatable bonds is 3. The molecule has 84 valence electrons. The molecular weight excluding hydrogens is 208 g/mol. The lowest BCUT2D eigenvalue weighted by atomic mass is 10.3. The van der Waals surface area contributed by atoms with Crippen LogP contribution in [0.15, 0.2) is 35.3 Å². The molecule has 5 heteroatoms. The number of aliphatic hydroxyl groups is 1. The molecule has 2 aromatic rings. The molecule has 0 aliphatic carbocycles. The molecule has 2 rings (SSSR count). The van der Waals surface area contributed by atoms with Crippen molar-refractivity contribution in [2.75, 3.05) is 7.11 Å². The van der Waals surface area contributed by atoms with Gasteiger partial charge in [0, 0.05) is 12.3 Å². The van der Waals surface area contributed by atoms with Crippen LogP contribution in [0.5, 0.6) is 5.75 Å². The van der Waals surface area contributed by atoms with Crippen molar-refractivity contribution in [1.82, 2.24) is 9.78 Å². The monoisotopic (exact) mass is 220 g/mol. The summed E-state index contributed by atoms with van der Waals surface area (Å²) >= 11 is 0. The maximum Gasteiger partial charge on any atom is 0.276 e. The molecule has 0 radical (unpaired) electrons. The van der Waals surface area contributed by atoms with E-state index >= 15 is 0 Å². The van der Waals surface area contributed by atoms with Crippen LogP contribution in [0, 0.1) is 0 Å². The van der Waals surface area contributed by atoms with E-state index in [9.17, 15) is 4.79 Å². The summed E-state index contributed by atoms with van der Waals surface area (Å²) in [6.45, 7) is -0.272. The molecule has 16 heavy (non-hydrogen) atoms. The summed E-state index contributed by atoms with van der Waals surface area (Å²) in [7, 11) is 1.57. The van der Waals surface area contributed by atoms with E-state index < -0.39 is 0 Å². The highest BCUT2D eigenvalue weighted by molar-refractivity contribution is 5.38. The van der Waals surface area contributed by atoms with E-state index in [1.54, 1.807) is 31.4 Å². The topological polar surface area (TPSA) is 67.2 Å². The first-order valence-electron chi connectivity index (χ1n) is 4.81. The van der Waals surface area contributed by atoms with E-state index in [-0.39, 0.29) is 12.2 Å². The van der Waals surface area contributed by atoms with E-state index in [0.29, 0.717) is 17.0 Å². The molecule has 0 atom stereocenters. The molecule has 0 unspecified atom stereocenters. The quantitative estimate of drug-likeness (QED) is 0.798. The Morgan fingerprint density at radius 1 is 1.50 bits per heavy atom. The third kappa shape index (κ3) is 1.72. The number of nitrogens with one attached hydrogen (secondary N) is 1. The minimum atomic E-state index is -0.272. The van der Waals surface area contributed by atoms with Crippen molar-refractivity contribution in [3.8, 4) is 11.4 Å². The highest BCUT2D eigenvalue weighted by atomic mass is 16.5. The van der Waals surface area contributed by atoms with Crippen molar-refractivity contribution in [1.29, 1.82) is 0 Å². The summed E-state index contributed by atoms with van der Waals surface area (Å²) in [5.74, 6) is 0.671. The molecule has 0 fully saturated rings. The standard InChI is InChI=1S/C11H12N2O3/c1-16-10-4-2-3-9(5-10)13-11(15)8(7-14)6-12-13/h2-6,12,14H,7H2,1H3. The van der Waals surface area contributed by atoms with Crippen LogP contribution in [0.2, 0.25) is 0 Å². The van der Waals surface area contributed by atoms with Gasteiger partial charge in [-0.05, 0) is 12.1 Å². The molecule has 5 nitrogen and oxygen atoms in total. The minimum absolute atomic E-state index is 0.254. The lowest BCUT2D eigenvalue weighted by molar-refractivity contribution is 0.280. The van der Waals surface area contributed by atoms with Gasteiger partial charge in [0.2, 0.25) is 0 Å². The van der Waals surface area contributed by atoms with Crippen molar-refractivity contribution >= 4 is 0 Å². The van der Waals surface area contributed by atoms with Gasteiger partial charge in [-0.2, -0.15) is 0 Å². The fourth-order valence-corrected chi connectivity index (χ4v) is 1.46. The fourth-order valence-electron chi connectivity index (χ4n) is 1.46. The zero-order chi connectivity index (χ0) is 11.5. The molecule has 0 aliphatic heterocycles. The normalized spacial score (nSPS) is 10.4. The highest BCUT2D eigenvalue weighted by Gasteiger charge is 2.06. The molecule has 0 saturated carbocycles. The zero-order valence-electron chi connectivity index (χ0n) is 8.80. The number of aliphatic hydroxyl groups excluding tert-OH is 1. The Morgan fingerprint density at radius 2 is 2.31 bits per heavy atom. The van der Waals surface area contributed by atoms with Crippen LogP contribution in [0.4, 0.5) is 0 Å². The average Bonchev–Trinajstić information content (AvgIpc) is 2.70. The molecular formula is C11H12N2O3. The molecule has 0 bridgehead atoms. The average molecular weight is 220 g/mol. The smallest absolute Gasteiger partial charge is 0.276 e. The van der Waals surface area contributed by atoms with Crippen LogP contribution in [0.1, 0.15) is 5.56 Å². The summed E-state index contributed by atoms with van der Waals surface area (Å²) in [6.07, 6.45) is 1.49. The summed E-state index contributed by atoms with van der Waals surface area (Å²) in [6, 6.07) is 7.10. The summed E-state index contributed by atoms with van der Waals surface area (Å²) in [4.78, 5) is 11.7. The van der Waals surface area contributed by atoms with Gasteiger partial charge in [0.1, 0.15) is 5.75 Å². The van der Waals surface area contributed by atoms with Crippen molar-refractivity contribution in [2.45, 2.75) is 6.61 Å². The first kappa shape index (κ1) is 10.5. The molecule has 0 saturated heterocycles. The predicted molar refractivity (Wildman–Crippen MR) is 58.9 cm³/mol. The van der Waals surface area contributed by atoms with E-state index in [4.69, 9.17) is 9.84 Å². The molecule has 2 N–H and O–H groups in total. The second kappa shape index (κ2) is 4.24. The lowest BCUT2D eigenvalue weighted by Crippen LogP contribution is -2.17. The number of H-pyrrole nitrogens is 1. The summed E-state index contributed by atoms with van der Waals surface area (Å²) in [5, 5.41) is 11.7. The largest absolute Gasteiger partial charge is 0.497 e. The zero-order valence-corrected chi connectivity index (χ0v) is 8.80. The molecule has 1 heterocycles. The number of aromatic amines is 1. The second-order valence-electron chi connectivity index (χ2n) is 3.30. The van der Waals surface area contributed by atoms with Crippen LogP contribution in [-0.2, 0) is 6.61 Å². The van der Waals surface area contributed by atoms with Crippen LogP contribution in [0.3, 0.4) is 0 Å². The number of nitrogens with zero attached hydrogens (tertiary/aromatic N) is 1. The lowest BCUT2D eigenvalue weighted by Gasteiger charge is -2.04. The summed E-state index contributed by atoms with van der Waals surface area (Å²) in [5.41, 5.74) is 0.752. The maximum absolute atomic E-state index is 11.7. The Kier molecular flexibility index (Phi) is 2.78. The third-order valence-corrected chi connectivity index (χ3v) is 2.33.